The molecule has 2 aromatic heterocycles. The lowest BCUT2D eigenvalue weighted by molar-refractivity contribution is 0.490. The largest absolute Gasteiger partial charge is 0.354 e. The third-order valence-corrected chi connectivity index (χ3v) is 3.43. The zero-order chi connectivity index (χ0) is 13.0. The minimum absolute atomic E-state index is 0.163. The van der Waals surface area contributed by atoms with E-state index in [-0.39, 0.29) is 5.54 Å². The van der Waals surface area contributed by atoms with Crippen molar-refractivity contribution in [1.29, 1.82) is 0 Å². The Kier molecular flexibility index (Phi) is 3.93. The topological polar surface area (TPSA) is 63.8 Å². The molecule has 2 aromatic rings. The van der Waals surface area contributed by atoms with Crippen LogP contribution in [0.25, 0.3) is 10.4 Å². The van der Waals surface area contributed by atoms with E-state index in [9.17, 15) is 0 Å². The van der Waals surface area contributed by atoms with Crippen molar-refractivity contribution >= 4 is 17.3 Å². The van der Waals surface area contributed by atoms with Crippen LogP contribution in [0.3, 0.4) is 0 Å². The summed E-state index contributed by atoms with van der Waals surface area (Å²) < 4.78 is 0. The number of hydrogen-bond donors (Lipinski definition) is 2. The Labute approximate surface area is 111 Å². The van der Waals surface area contributed by atoms with E-state index in [0.29, 0.717) is 5.95 Å². The van der Waals surface area contributed by atoms with Gasteiger partial charge in [0.1, 0.15) is 0 Å². The molecule has 0 radical (unpaired) electrons. The molecule has 0 aliphatic carbocycles. The zero-order valence-corrected chi connectivity index (χ0v) is 11.5. The third kappa shape index (κ3) is 3.78. The Morgan fingerprint density at radius 2 is 2.06 bits per heavy atom. The smallest absolute Gasteiger partial charge is 0.222 e. The molecule has 0 aromatic carbocycles. The maximum atomic E-state index is 5.91. The predicted octanol–water partition coefficient (Wildman–Crippen LogP) is 2.74. The van der Waals surface area contributed by atoms with Gasteiger partial charge in [0.2, 0.25) is 5.95 Å². The van der Waals surface area contributed by atoms with Crippen molar-refractivity contribution in [3.05, 3.63) is 29.9 Å². The highest BCUT2D eigenvalue weighted by molar-refractivity contribution is 7.13. The summed E-state index contributed by atoms with van der Waals surface area (Å²) in [6.07, 6.45) is 4.56. The predicted molar refractivity (Wildman–Crippen MR) is 76.7 cm³/mol. The first kappa shape index (κ1) is 13.0. The van der Waals surface area contributed by atoms with E-state index in [1.54, 1.807) is 11.3 Å². The fraction of sp³-hybridized carbons (Fsp3) is 0.385. The summed E-state index contributed by atoms with van der Waals surface area (Å²) >= 11 is 1.69. The van der Waals surface area contributed by atoms with Crippen molar-refractivity contribution in [2.45, 2.75) is 25.8 Å². The van der Waals surface area contributed by atoms with Crippen LogP contribution in [-0.4, -0.2) is 22.1 Å². The highest BCUT2D eigenvalue weighted by atomic mass is 32.1. The quantitative estimate of drug-likeness (QED) is 0.869. The van der Waals surface area contributed by atoms with Gasteiger partial charge in [0, 0.05) is 34.9 Å². The van der Waals surface area contributed by atoms with E-state index in [4.69, 9.17) is 5.73 Å². The van der Waals surface area contributed by atoms with Crippen molar-refractivity contribution in [2.24, 2.45) is 5.73 Å². The average molecular weight is 262 g/mol. The number of rotatable bonds is 5. The molecule has 0 atom stereocenters. The molecule has 0 spiro atoms. The van der Waals surface area contributed by atoms with Gasteiger partial charge in [-0.15, -0.1) is 11.3 Å². The molecule has 0 fully saturated rings. The van der Waals surface area contributed by atoms with E-state index in [0.717, 1.165) is 18.5 Å². The van der Waals surface area contributed by atoms with Crippen LogP contribution in [0.5, 0.6) is 0 Å². The van der Waals surface area contributed by atoms with E-state index in [2.05, 4.69) is 21.4 Å². The molecule has 0 saturated heterocycles. The van der Waals surface area contributed by atoms with Crippen LogP contribution in [0.1, 0.15) is 20.3 Å². The van der Waals surface area contributed by atoms with E-state index in [1.165, 1.54) is 4.88 Å². The van der Waals surface area contributed by atoms with Crippen LogP contribution in [-0.2, 0) is 0 Å². The molecule has 2 heterocycles. The van der Waals surface area contributed by atoms with Gasteiger partial charge in [-0.05, 0) is 31.7 Å². The van der Waals surface area contributed by atoms with Gasteiger partial charge < -0.3 is 11.1 Å². The standard InChI is InChI=1S/C13H18N4S/c1-13(2,14)5-6-15-12-16-8-10(9-17-12)11-4-3-7-18-11/h3-4,7-9H,5-6,14H2,1-2H3,(H,15,16,17). The molecule has 4 nitrogen and oxygen atoms in total. The van der Waals surface area contributed by atoms with Gasteiger partial charge >= 0.3 is 0 Å². The Hall–Kier alpha value is -1.46. The van der Waals surface area contributed by atoms with Crippen molar-refractivity contribution in [3.63, 3.8) is 0 Å². The molecular formula is C13H18N4S. The summed E-state index contributed by atoms with van der Waals surface area (Å²) in [6, 6.07) is 4.09. The maximum Gasteiger partial charge on any atom is 0.222 e. The van der Waals surface area contributed by atoms with Gasteiger partial charge in [-0.2, -0.15) is 0 Å². The second kappa shape index (κ2) is 5.46. The third-order valence-electron chi connectivity index (χ3n) is 2.51. The van der Waals surface area contributed by atoms with E-state index < -0.39 is 0 Å². The Morgan fingerprint density at radius 3 is 2.61 bits per heavy atom. The van der Waals surface area contributed by atoms with E-state index in [1.807, 2.05) is 37.7 Å². The van der Waals surface area contributed by atoms with Crippen LogP contribution >= 0.6 is 11.3 Å². The molecule has 2 rings (SSSR count). The van der Waals surface area contributed by atoms with Gasteiger partial charge in [0.05, 0.1) is 0 Å². The highest BCUT2D eigenvalue weighted by Gasteiger charge is 2.09. The number of nitrogens with two attached hydrogens (primary N) is 1. The first-order chi connectivity index (χ1) is 8.54. The second-order valence-corrected chi connectivity index (χ2v) is 5.89. The van der Waals surface area contributed by atoms with Crippen LogP contribution in [0, 0.1) is 0 Å². The molecule has 3 N–H and O–H groups in total. The molecule has 5 heteroatoms. The summed E-state index contributed by atoms with van der Waals surface area (Å²) in [5, 5.41) is 5.22. The van der Waals surface area contributed by atoms with Crippen molar-refractivity contribution in [2.75, 3.05) is 11.9 Å². The summed E-state index contributed by atoms with van der Waals surface area (Å²) in [7, 11) is 0. The number of aromatic nitrogens is 2. The van der Waals surface area contributed by atoms with Gasteiger partial charge in [-0.25, -0.2) is 9.97 Å². The van der Waals surface area contributed by atoms with Gasteiger partial charge in [0.15, 0.2) is 0 Å². The Balaban J connectivity index is 1.92. The number of nitrogens with one attached hydrogen (secondary N) is 1. The number of nitrogens with zero attached hydrogens (tertiary/aromatic N) is 2. The molecule has 0 bridgehead atoms. The molecule has 0 aliphatic rings. The molecular weight excluding hydrogens is 244 g/mol. The first-order valence-corrected chi connectivity index (χ1v) is 6.81. The molecule has 18 heavy (non-hydrogen) atoms. The molecule has 0 saturated carbocycles. The first-order valence-electron chi connectivity index (χ1n) is 5.93. The fourth-order valence-corrected chi connectivity index (χ4v) is 2.19. The van der Waals surface area contributed by atoms with Crippen LogP contribution in [0.4, 0.5) is 5.95 Å². The molecule has 0 unspecified atom stereocenters. The van der Waals surface area contributed by atoms with Gasteiger partial charge in [-0.1, -0.05) is 6.07 Å². The second-order valence-electron chi connectivity index (χ2n) is 4.94. The molecule has 0 amide bonds. The minimum Gasteiger partial charge on any atom is -0.354 e. The summed E-state index contributed by atoms with van der Waals surface area (Å²) in [4.78, 5) is 9.78. The van der Waals surface area contributed by atoms with Crippen LogP contribution < -0.4 is 11.1 Å². The lowest BCUT2D eigenvalue weighted by Crippen LogP contribution is -2.34. The lowest BCUT2D eigenvalue weighted by atomic mass is 10.0. The number of anilines is 1. The van der Waals surface area contributed by atoms with E-state index >= 15 is 0 Å². The van der Waals surface area contributed by atoms with Crippen molar-refractivity contribution in [3.8, 4) is 10.4 Å². The highest BCUT2D eigenvalue weighted by Crippen LogP contribution is 2.23. The Morgan fingerprint density at radius 1 is 1.33 bits per heavy atom. The van der Waals surface area contributed by atoms with Crippen LogP contribution in [0.2, 0.25) is 0 Å². The van der Waals surface area contributed by atoms with Crippen molar-refractivity contribution < 1.29 is 0 Å². The minimum atomic E-state index is -0.163. The summed E-state index contributed by atoms with van der Waals surface area (Å²) in [6.45, 7) is 4.80. The lowest BCUT2D eigenvalue weighted by Gasteiger charge is -2.18. The average Bonchev–Trinajstić information content (AvgIpc) is 2.82. The summed E-state index contributed by atoms with van der Waals surface area (Å²) in [5.74, 6) is 0.652. The monoisotopic (exact) mass is 262 g/mol. The zero-order valence-electron chi connectivity index (χ0n) is 10.7. The summed E-state index contributed by atoms with van der Waals surface area (Å²) in [5.41, 5.74) is 6.80. The molecule has 96 valence electrons. The fourth-order valence-electron chi connectivity index (χ4n) is 1.49. The van der Waals surface area contributed by atoms with Gasteiger partial charge in [-0.3, -0.25) is 0 Å². The van der Waals surface area contributed by atoms with Gasteiger partial charge in [0.25, 0.3) is 0 Å². The van der Waals surface area contributed by atoms with Crippen LogP contribution in [0.15, 0.2) is 29.9 Å². The number of hydrogen-bond acceptors (Lipinski definition) is 5. The number of thiophene rings is 1. The SMILES string of the molecule is CC(C)(N)CCNc1ncc(-c2cccs2)cn1. The van der Waals surface area contributed by atoms with Crippen molar-refractivity contribution in [1.82, 2.24) is 9.97 Å². The molecule has 0 aliphatic heterocycles. The normalized spacial score (nSPS) is 11.5. The maximum absolute atomic E-state index is 5.91. The Bertz CT molecular complexity index is 471.